The largest absolute Gasteiger partial charge is 0.508 e. The van der Waals surface area contributed by atoms with Gasteiger partial charge in [0.1, 0.15) is 53.0 Å². The van der Waals surface area contributed by atoms with Crippen LogP contribution in [0.25, 0.3) is 22.3 Å². The van der Waals surface area contributed by atoms with Crippen LogP contribution in [0.1, 0.15) is 20.8 Å². The molecular weight excluding hydrogens is 660 g/mol. The Morgan fingerprint density at radius 3 is 2.10 bits per heavy atom. The van der Waals surface area contributed by atoms with E-state index in [1.54, 1.807) is 0 Å². The molecule has 10 atom stereocenters. The van der Waals surface area contributed by atoms with Gasteiger partial charge in [-0.1, -0.05) is 0 Å². The molecule has 3 aromatic rings. The van der Waals surface area contributed by atoms with Crippen LogP contribution in [0.5, 0.6) is 28.7 Å². The molecule has 3 heterocycles. The predicted molar refractivity (Wildman–Crippen MR) is 159 cm³/mol. The second kappa shape index (κ2) is 14.0. The van der Waals surface area contributed by atoms with Crippen molar-refractivity contribution in [1.29, 1.82) is 0 Å². The first-order valence-corrected chi connectivity index (χ1v) is 14.8. The van der Waals surface area contributed by atoms with Gasteiger partial charge in [-0.15, -0.1) is 0 Å². The van der Waals surface area contributed by atoms with Crippen LogP contribution in [0.4, 0.5) is 0 Å². The summed E-state index contributed by atoms with van der Waals surface area (Å²) in [5.74, 6) is -4.98. The second-order valence-electron chi connectivity index (χ2n) is 11.4. The zero-order valence-electron chi connectivity index (χ0n) is 26.0. The van der Waals surface area contributed by atoms with Crippen LogP contribution >= 0.6 is 0 Å². The molecule has 0 bridgehead atoms. The van der Waals surface area contributed by atoms with Crippen molar-refractivity contribution in [3.05, 3.63) is 40.6 Å². The molecule has 2 aliphatic heterocycles. The minimum absolute atomic E-state index is 0.0511. The Balaban J connectivity index is 1.43. The van der Waals surface area contributed by atoms with Gasteiger partial charge in [-0.25, -0.2) is 0 Å². The number of esters is 2. The number of phenols is 4. The normalized spacial score (nSPS) is 30.1. The van der Waals surface area contributed by atoms with Gasteiger partial charge in [-0.3, -0.25) is 14.4 Å². The first-order valence-electron chi connectivity index (χ1n) is 14.8. The molecular formula is C31H34O18. The molecule has 0 saturated carbocycles. The Morgan fingerprint density at radius 2 is 1.45 bits per heavy atom. The number of phenolic OH excluding ortho intramolecular Hbond substituents is 4. The molecule has 2 saturated heterocycles. The standard InChI is InChI=1S/C31H34O18/c1-10-26(45-11(2)32)29(46-12(3)33)25(42)30(44-10)43-9-19-21(38)23(40)24(41)31(48-19)49-28-22(39)20-17(37)7-14(34)8-18(20)47-27(28)13-4-5-15(35)16(36)6-13/h4-8,10,19,21,23-26,29-31,34-38,40-42H,9H2,1-3H3/t10?,19?,21-,23+,24?,25+,26+,29?,30-,31+/m1/s1. The van der Waals surface area contributed by atoms with Crippen molar-refractivity contribution in [2.24, 2.45) is 0 Å². The number of ether oxygens (including phenoxy) is 6. The summed E-state index contributed by atoms with van der Waals surface area (Å²) in [5, 5.41) is 82.9. The average Bonchev–Trinajstić information content (AvgIpc) is 3.02. The molecule has 49 heavy (non-hydrogen) atoms. The van der Waals surface area contributed by atoms with Crippen molar-refractivity contribution in [1.82, 2.24) is 0 Å². The van der Waals surface area contributed by atoms with Gasteiger partial charge in [0.15, 0.2) is 35.8 Å². The number of carbonyl (C=O) groups excluding carboxylic acids is 2. The summed E-state index contributed by atoms with van der Waals surface area (Å²) in [7, 11) is 0. The Morgan fingerprint density at radius 1 is 0.776 bits per heavy atom. The first-order chi connectivity index (χ1) is 23.1. The highest BCUT2D eigenvalue weighted by Gasteiger charge is 2.50. The third-order valence-electron chi connectivity index (χ3n) is 7.84. The van der Waals surface area contributed by atoms with Gasteiger partial charge in [-0.2, -0.15) is 0 Å². The third-order valence-corrected chi connectivity index (χ3v) is 7.84. The number of benzene rings is 2. The highest BCUT2D eigenvalue weighted by Crippen LogP contribution is 2.39. The fourth-order valence-electron chi connectivity index (χ4n) is 5.49. The van der Waals surface area contributed by atoms with Crippen molar-refractivity contribution >= 4 is 22.9 Å². The number of carbonyl (C=O) groups is 2. The lowest BCUT2D eigenvalue weighted by atomic mass is 9.98. The van der Waals surface area contributed by atoms with E-state index in [0.29, 0.717) is 0 Å². The maximum Gasteiger partial charge on any atom is 0.303 e. The molecule has 18 nitrogen and oxygen atoms in total. The SMILES string of the molecule is CC(=O)OC1[C@@H](OC(C)=O)C(C)O[C@@H](OCC2O[C@@H](Oc3c(-c4ccc(O)c(O)c4)oc4cc(O)cc(O)c4c3=O)C(O)[C@@H](O)[C@@H]2O)[C@H]1O. The van der Waals surface area contributed by atoms with Gasteiger partial charge in [0.25, 0.3) is 0 Å². The Hall–Kier alpha value is -4.69. The summed E-state index contributed by atoms with van der Waals surface area (Å²) in [5.41, 5.74) is -1.41. The molecule has 0 radical (unpaired) electrons. The minimum Gasteiger partial charge on any atom is -0.508 e. The summed E-state index contributed by atoms with van der Waals surface area (Å²) in [6.45, 7) is 2.99. The predicted octanol–water partition coefficient (Wildman–Crippen LogP) is -0.546. The summed E-state index contributed by atoms with van der Waals surface area (Å²) in [6, 6.07) is 5.19. The van der Waals surface area contributed by atoms with Crippen molar-refractivity contribution in [3.63, 3.8) is 0 Å². The van der Waals surface area contributed by atoms with E-state index >= 15 is 0 Å². The molecule has 18 heteroatoms. The van der Waals surface area contributed by atoms with E-state index in [4.69, 9.17) is 32.8 Å². The van der Waals surface area contributed by atoms with E-state index in [2.05, 4.69) is 0 Å². The molecule has 4 unspecified atom stereocenters. The molecule has 0 aliphatic carbocycles. The molecule has 8 N–H and O–H groups in total. The van der Waals surface area contributed by atoms with Crippen molar-refractivity contribution in [3.8, 4) is 40.1 Å². The van der Waals surface area contributed by atoms with Crippen molar-refractivity contribution < 1.29 is 83.3 Å². The monoisotopic (exact) mass is 694 g/mol. The van der Waals surface area contributed by atoms with Crippen LogP contribution < -0.4 is 10.2 Å². The summed E-state index contributed by atoms with van der Waals surface area (Å²) < 4.78 is 38.7. The molecule has 0 amide bonds. The molecule has 1 aromatic heterocycles. The lowest BCUT2D eigenvalue weighted by Gasteiger charge is -2.43. The van der Waals surface area contributed by atoms with Gasteiger partial charge in [0, 0.05) is 31.5 Å². The zero-order valence-corrected chi connectivity index (χ0v) is 26.0. The van der Waals surface area contributed by atoms with E-state index in [9.17, 15) is 55.2 Å². The molecule has 5 rings (SSSR count). The zero-order chi connectivity index (χ0) is 35.9. The number of aromatic hydroxyl groups is 4. The number of aliphatic hydroxyl groups excluding tert-OH is 4. The fraction of sp³-hybridized carbons (Fsp3) is 0.452. The van der Waals surface area contributed by atoms with Crippen LogP contribution in [0.2, 0.25) is 0 Å². The lowest BCUT2D eigenvalue weighted by Crippen LogP contribution is -2.62. The molecule has 0 spiro atoms. The van der Waals surface area contributed by atoms with Gasteiger partial charge in [0.05, 0.1) is 12.7 Å². The maximum absolute atomic E-state index is 13.7. The minimum atomic E-state index is -2.01. The number of aliphatic hydroxyl groups is 4. The van der Waals surface area contributed by atoms with Gasteiger partial charge >= 0.3 is 11.9 Å². The molecule has 266 valence electrons. The highest BCUT2D eigenvalue weighted by atomic mass is 16.7. The summed E-state index contributed by atoms with van der Waals surface area (Å²) in [6.07, 6.45) is -16.1. The van der Waals surface area contributed by atoms with E-state index in [0.717, 1.165) is 38.1 Å². The van der Waals surface area contributed by atoms with Crippen LogP contribution in [0.15, 0.2) is 39.5 Å². The van der Waals surface area contributed by atoms with E-state index < -0.39 is 125 Å². The van der Waals surface area contributed by atoms with Crippen molar-refractivity contribution in [2.45, 2.75) is 82.2 Å². The van der Waals surface area contributed by atoms with Crippen LogP contribution in [-0.4, -0.2) is 121 Å². The fourth-order valence-corrected chi connectivity index (χ4v) is 5.49. The van der Waals surface area contributed by atoms with E-state index in [1.165, 1.54) is 13.0 Å². The van der Waals surface area contributed by atoms with E-state index in [-0.39, 0.29) is 11.1 Å². The van der Waals surface area contributed by atoms with Gasteiger partial charge < -0.3 is 73.7 Å². The van der Waals surface area contributed by atoms with Crippen LogP contribution in [0, 0.1) is 0 Å². The Labute approximate surface area is 275 Å². The van der Waals surface area contributed by atoms with Gasteiger partial charge in [0.2, 0.25) is 17.5 Å². The second-order valence-corrected chi connectivity index (χ2v) is 11.4. The molecule has 2 aliphatic rings. The smallest absolute Gasteiger partial charge is 0.303 e. The third kappa shape index (κ3) is 7.20. The summed E-state index contributed by atoms with van der Waals surface area (Å²) in [4.78, 5) is 37.0. The number of hydrogen-bond acceptors (Lipinski definition) is 18. The highest BCUT2D eigenvalue weighted by molar-refractivity contribution is 5.88. The number of hydrogen-bond donors (Lipinski definition) is 8. The topological polar surface area (TPSA) is 282 Å². The quantitative estimate of drug-likeness (QED) is 0.108. The van der Waals surface area contributed by atoms with Crippen LogP contribution in [0.3, 0.4) is 0 Å². The Kier molecular flexibility index (Phi) is 10.2. The number of rotatable bonds is 8. The van der Waals surface area contributed by atoms with Crippen LogP contribution in [-0.2, 0) is 33.3 Å². The lowest BCUT2D eigenvalue weighted by molar-refractivity contribution is -0.320. The van der Waals surface area contributed by atoms with Gasteiger partial charge in [-0.05, 0) is 25.1 Å². The van der Waals surface area contributed by atoms with Crippen molar-refractivity contribution in [2.75, 3.05) is 6.61 Å². The molecule has 2 fully saturated rings. The Bertz CT molecular complexity index is 1770. The number of fused-ring (bicyclic) bond motifs is 1. The molecule has 2 aromatic carbocycles. The van der Waals surface area contributed by atoms with E-state index in [1.807, 2.05) is 0 Å². The maximum atomic E-state index is 13.7. The summed E-state index contributed by atoms with van der Waals surface area (Å²) >= 11 is 0. The first kappa shape index (κ1) is 35.6. The average molecular weight is 695 g/mol.